The molecule has 1 aliphatic rings. The number of rotatable bonds is 4. The zero-order chi connectivity index (χ0) is 12.1. The van der Waals surface area contributed by atoms with Gasteiger partial charge >= 0.3 is 0 Å². The Hall–Kier alpha value is -1.36. The number of anilines is 1. The third-order valence-electron chi connectivity index (χ3n) is 3.06. The van der Waals surface area contributed by atoms with Crippen molar-refractivity contribution in [2.45, 2.75) is 32.2 Å². The van der Waals surface area contributed by atoms with Crippen LogP contribution in [-0.4, -0.2) is 40.8 Å². The molecule has 5 nitrogen and oxygen atoms in total. The standard InChI is InChI=1S/C12H20N4O/c1-10(9-16-5-3-2-4-6-16)14-11-7-12(17)15-13-8-11/h7-8,10H,2-6,9H2,1H3,(H2,14,15,17). The summed E-state index contributed by atoms with van der Waals surface area (Å²) in [6, 6.07) is 1.87. The molecule has 17 heavy (non-hydrogen) atoms. The molecule has 0 amide bonds. The van der Waals surface area contributed by atoms with Crippen LogP contribution in [0, 0.1) is 0 Å². The van der Waals surface area contributed by atoms with Gasteiger partial charge in [0.15, 0.2) is 0 Å². The van der Waals surface area contributed by atoms with Crippen LogP contribution in [0.4, 0.5) is 5.69 Å². The highest BCUT2D eigenvalue weighted by Gasteiger charge is 2.13. The van der Waals surface area contributed by atoms with E-state index < -0.39 is 0 Å². The molecule has 2 N–H and O–H groups in total. The summed E-state index contributed by atoms with van der Waals surface area (Å²) in [6.45, 7) is 5.54. The monoisotopic (exact) mass is 236 g/mol. The Morgan fingerprint density at radius 2 is 2.24 bits per heavy atom. The maximum atomic E-state index is 11.1. The third kappa shape index (κ3) is 3.85. The molecule has 0 bridgehead atoms. The maximum Gasteiger partial charge on any atom is 0.266 e. The lowest BCUT2D eigenvalue weighted by Gasteiger charge is -2.29. The second-order valence-corrected chi connectivity index (χ2v) is 4.74. The van der Waals surface area contributed by atoms with Gasteiger partial charge in [0.1, 0.15) is 0 Å². The Labute approximate surface area is 101 Å². The van der Waals surface area contributed by atoms with E-state index in [1.165, 1.54) is 32.4 Å². The lowest BCUT2D eigenvalue weighted by atomic mass is 10.1. The predicted molar refractivity (Wildman–Crippen MR) is 68.2 cm³/mol. The predicted octanol–water partition coefficient (Wildman–Crippen LogP) is 1.06. The SMILES string of the molecule is CC(CN1CCCCC1)Nc1cn[nH]c(=O)c1. The summed E-state index contributed by atoms with van der Waals surface area (Å²) in [6.07, 6.45) is 5.61. The molecule has 0 radical (unpaired) electrons. The number of nitrogens with zero attached hydrogens (tertiary/aromatic N) is 2. The molecule has 1 saturated heterocycles. The average Bonchev–Trinajstić information content (AvgIpc) is 2.30. The summed E-state index contributed by atoms with van der Waals surface area (Å²) in [7, 11) is 0. The fraction of sp³-hybridized carbons (Fsp3) is 0.667. The van der Waals surface area contributed by atoms with Crippen LogP contribution in [0.2, 0.25) is 0 Å². The first-order valence-corrected chi connectivity index (χ1v) is 6.27. The number of hydrogen-bond acceptors (Lipinski definition) is 4. The minimum Gasteiger partial charge on any atom is -0.380 e. The van der Waals surface area contributed by atoms with Crippen molar-refractivity contribution >= 4 is 5.69 Å². The number of H-pyrrole nitrogens is 1. The molecule has 1 aromatic heterocycles. The van der Waals surface area contributed by atoms with Crippen molar-refractivity contribution in [3.63, 3.8) is 0 Å². The van der Waals surface area contributed by atoms with Gasteiger partial charge in [0.05, 0.1) is 11.9 Å². The van der Waals surface area contributed by atoms with Gasteiger partial charge in [-0.3, -0.25) is 4.79 Å². The number of aromatic amines is 1. The molecule has 1 atom stereocenters. The maximum absolute atomic E-state index is 11.1. The van der Waals surface area contributed by atoms with E-state index in [1.807, 2.05) is 0 Å². The Bertz CT molecular complexity index is 397. The van der Waals surface area contributed by atoms with E-state index in [2.05, 4.69) is 27.3 Å². The molecular weight excluding hydrogens is 216 g/mol. The second-order valence-electron chi connectivity index (χ2n) is 4.74. The Kier molecular flexibility index (Phi) is 4.14. The van der Waals surface area contributed by atoms with Crippen molar-refractivity contribution < 1.29 is 0 Å². The van der Waals surface area contributed by atoms with Gasteiger partial charge in [-0.2, -0.15) is 5.10 Å². The molecule has 1 unspecified atom stereocenters. The molecule has 0 saturated carbocycles. The lowest BCUT2D eigenvalue weighted by molar-refractivity contribution is 0.223. The molecule has 2 heterocycles. The first-order chi connectivity index (χ1) is 8.24. The fourth-order valence-corrected chi connectivity index (χ4v) is 2.31. The molecule has 0 aliphatic carbocycles. The topological polar surface area (TPSA) is 61.0 Å². The summed E-state index contributed by atoms with van der Waals surface area (Å²) in [5.41, 5.74) is 0.624. The highest BCUT2D eigenvalue weighted by Crippen LogP contribution is 2.10. The van der Waals surface area contributed by atoms with Crippen LogP contribution in [0.15, 0.2) is 17.1 Å². The first-order valence-electron chi connectivity index (χ1n) is 6.27. The molecule has 5 heteroatoms. The Morgan fingerprint density at radius 1 is 1.47 bits per heavy atom. The average molecular weight is 236 g/mol. The molecule has 0 aromatic carbocycles. The van der Waals surface area contributed by atoms with Gasteiger partial charge in [-0.15, -0.1) is 0 Å². The van der Waals surface area contributed by atoms with Crippen LogP contribution in [0.25, 0.3) is 0 Å². The molecular formula is C12H20N4O. The van der Waals surface area contributed by atoms with Gasteiger partial charge < -0.3 is 10.2 Å². The van der Waals surface area contributed by atoms with Gasteiger partial charge in [-0.25, -0.2) is 5.10 Å². The van der Waals surface area contributed by atoms with Crippen LogP contribution in [0.1, 0.15) is 26.2 Å². The van der Waals surface area contributed by atoms with E-state index in [-0.39, 0.29) is 5.56 Å². The normalized spacial score (nSPS) is 18.9. The highest BCUT2D eigenvalue weighted by molar-refractivity contribution is 5.39. The number of aromatic nitrogens is 2. The second kappa shape index (κ2) is 5.82. The minimum atomic E-state index is -0.167. The van der Waals surface area contributed by atoms with Crippen molar-refractivity contribution in [1.82, 2.24) is 15.1 Å². The van der Waals surface area contributed by atoms with Crippen molar-refractivity contribution in [3.8, 4) is 0 Å². The zero-order valence-electron chi connectivity index (χ0n) is 10.3. The number of likely N-dealkylation sites (tertiary alicyclic amines) is 1. The van der Waals surface area contributed by atoms with Crippen LogP contribution in [0.3, 0.4) is 0 Å². The molecule has 2 rings (SSSR count). The minimum absolute atomic E-state index is 0.167. The molecule has 1 aliphatic heterocycles. The van der Waals surface area contributed by atoms with E-state index in [1.54, 1.807) is 12.3 Å². The third-order valence-corrected chi connectivity index (χ3v) is 3.06. The van der Waals surface area contributed by atoms with Gasteiger partial charge in [-0.05, 0) is 32.9 Å². The summed E-state index contributed by atoms with van der Waals surface area (Å²) >= 11 is 0. The summed E-state index contributed by atoms with van der Waals surface area (Å²) in [5.74, 6) is 0. The number of hydrogen-bond donors (Lipinski definition) is 2. The fourth-order valence-electron chi connectivity index (χ4n) is 2.31. The van der Waals surface area contributed by atoms with E-state index in [0.717, 1.165) is 12.2 Å². The van der Waals surface area contributed by atoms with E-state index in [4.69, 9.17) is 0 Å². The molecule has 94 valence electrons. The molecule has 1 fully saturated rings. The van der Waals surface area contributed by atoms with Gasteiger partial charge in [0, 0.05) is 18.7 Å². The van der Waals surface area contributed by atoms with Gasteiger partial charge in [-0.1, -0.05) is 6.42 Å². The Morgan fingerprint density at radius 3 is 2.94 bits per heavy atom. The smallest absolute Gasteiger partial charge is 0.266 e. The highest BCUT2D eigenvalue weighted by atomic mass is 16.1. The van der Waals surface area contributed by atoms with Crippen LogP contribution >= 0.6 is 0 Å². The van der Waals surface area contributed by atoms with Crippen molar-refractivity contribution in [1.29, 1.82) is 0 Å². The van der Waals surface area contributed by atoms with E-state index >= 15 is 0 Å². The quantitative estimate of drug-likeness (QED) is 0.820. The van der Waals surface area contributed by atoms with E-state index in [9.17, 15) is 4.79 Å². The molecule has 1 aromatic rings. The van der Waals surface area contributed by atoms with Crippen LogP contribution in [-0.2, 0) is 0 Å². The zero-order valence-corrected chi connectivity index (χ0v) is 10.3. The van der Waals surface area contributed by atoms with Crippen molar-refractivity contribution in [2.75, 3.05) is 25.0 Å². The van der Waals surface area contributed by atoms with E-state index in [0.29, 0.717) is 6.04 Å². The summed E-state index contributed by atoms with van der Waals surface area (Å²) in [4.78, 5) is 13.6. The summed E-state index contributed by atoms with van der Waals surface area (Å²) in [5, 5.41) is 9.45. The van der Waals surface area contributed by atoms with Crippen molar-refractivity contribution in [2.24, 2.45) is 0 Å². The largest absolute Gasteiger partial charge is 0.380 e. The number of nitrogens with one attached hydrogen (secondary N) is 2. The summed E-state index contributed by atoms with van der Waals surface area (Å²) < 4.78 is 0. The van der Waals surface area contributed by atoms with Gasteiger partial charge in [0.25, 0.3) is 5.56 Å². The first kappa shape index (κ1) is 12.1. The molecule has 0 spiro atoms. The van der Waals surface area contributed by atoms with Crippen LogP contribution in [0.5, 0.6) is 0 Å². The Balaban J connectivity index is 1.84. The van der Waals surface area contributed by atoms with Gasteiger partial charge in [0.2, 0.25) is 0 Å². The lowest BCUT2D eigenvalue weighted by Crippen LogP contribution is -2.38. The number of piperidine rings is 1. The van der Waals surface area contributed by atoms with Crippen LogP contribution < -0.4 is 10.9 Å². The van der Waals surface area contributed by atoms with Crippen molar-refractivity contribution in [3.05, 3.63) is 22.6 Å².